The zero-order valence-electron chi connectivity index (χ0n) is 19.4. The third-order valence-electron chi connectivity index (χ3n) is 5.73. The average molecular weight is 464 g/mol. The van der Waals surface area contributed by atoms with Gasteiger partial charge in [0.1, 0.15) is 5.65 Å². The Hall–Kier alpha value is -3.16. The Morgan fingerprint density at radius 3 is 2.33 bits per heavy atom. The van der Waals surface area contributed by atoms with Crippen LogP contribution < -0.4 is 4.90 Å². The molecule has 0 aliphatic heterocycles. The zero-order chi connectivity index (χ0) is 23.6. The highest BCUT2D eigenvalue weighted by atomic mass is 32.2. The van der Waals surface area contributed by atoms with Gasteiger partial charge in [0, 0.05) is 37.7 Å². The molecule has 0 amide bonds. The second-order valence-corrected chi connectivity index (χ2v) is 10.1. The van der Waals surface area contributed by atoms with E-state index in [9.17, 15) is 8.42 Å². The van der Waals surface area contributed by atoms with Crippen LogP contribution in [0.2, 0.25) is 0 Å². The molecule has 0 fully saturated rings. The van der Waals surface area contributed by atoms with Crippen molar-refractivity contribution < 1.29 is 12.6 Å². The van der Waals surface area contributed by atoms with Gasteiger partial charge in [-0.1, -0.05) is 29.8 Å². The summed E-state index contributed by atoms with van der Waals surface area (Å²) in [6.45, 7) is 4.11. The summed E-state index contributed by atoms with van der Waals surface area (Å²) in [6.07, 6.45) is 5.42. The van der Waals surface area contributed by atoms with E-state index in [1.54, 1.807) is 24.3 Å². The van der Waals surface area contributed by atoms with Gasteiger partial charge in [0.15, 0.2) is 0 Å². The van der Waals surface area contributed by atoms with E-state index in [1.165, 1.54) is 0 Å². The number of anilines is 1. The van der Waals surface area contributed by atoms with Gasteiger partial charge >= 0.3 is 0 Å². The summed E-state index contributed by atoms with van der Waals surface area (Å²) in [5.74, 6) is 0. The number of hydrogen-bond donors (Lipinski definition) is 0. The van der Waals surface area contributed by atoms with Crippen molar-refractivity contribution in [3.8, 4) is 11.3 Å². The Balaban J connectivity index is 1.43. The first-order chi connectivity index (χ1) is 15.7. The van der Waals surface area contributed by atoms with Crippen molar-refractivity contribution in [3.05, 3.63) is 83.7 Å². The Kier molecular flexibility index (Phi) is 6.54. The van der Waals surface area contributed by atoms with E-state index in [1.807, 2.05) is 31.6 Å². The minimum absolute atomic E-state index is 0.140. The molecule has 172 valence electrons. The van der Waals surface area contributed by atoms with Crippen molar-refractivity contribution in [2.24, 2.45) is 0 Å². The number of benzene rings is 2. The van der Waals surface area contributed by atoms with Crippen molar-refractivity contribution in [1.29, 1.82) is 0 Å². The highest BCUT2D eigenvalue weighted by molar-refractivity contribution is 7.86. The Morgan fingerprint density at radius 2 is 1.67 bits per heavy atom. The number of hydrogen-bond acceptors (Lipinski definition) is 5. The van der Waals surface area contributed by atoms with E-state index in [0.29, 0.717) is 6.42 Å². The largest absolute Gasteiger partial charge is 0.378 e. The molecule has 0 bridgehead atoms. The molecule has 0 radical (unpaired) electrons. The highest BCUT2D eigenvalue weighted by Crippen LogP contribution is 2.24. The van der Waals surface area contributed by atoms with Crippen LogP contribution in [0.25, 0.3) is 16.9 Å². The predicted octanol–water partition coefficient (Wildman–Crippen LogP) is 5.02. The first kappa shape index (κ1) is 23.0. The van der Waals surface area contributed by atoms with Gasteiger partial charge in [-0.25, -0.2) is 4.98 Å². The lowest BCUT2D eigenvalue weighted by Gasteiger charge is -2.12. The van der Waals surface area contributed by atoms with E-state index in [4.69, 9.17) is 9.17 Å². The molecule has 2 heterocycles. The van der Waals surface area contributed by atoms with Crippen molar-refractivity contribution >= 4 is 21.5 Å². The summed E-state index contributed by atoms with van der Waals surface area (Å²) in [5, 5.41) is 0. The molecule has 4 rings (SSSR count). The molecule has 2 aromatic carbocycles. The Morgan fingerprint density at radius 1 is 0.970 bits per heavy atom. The van der Waals surface area contributed by atoms with Crippen LogP contribution in [-0.2, 0) is 20.7 Å². The Bertz CT molecular complexity index is 1360. The maximum atomic E-state index is 12.4. The second kappa shape index (κ2) is 9.37. The molecule has 7 heteroatoms. The molecule has 2 aromatic heterocycles. The van der Waals surface area contributed by atoms with Gasteiger partial charge in [0.05, 0.1) is 17.2 Å². The van der Waals surface area contributed by atoms with Gasteiger partial charge in [-0.15, -0.1) is 0 Å². The smallest absolute Gasteiger partial charge is 0.296 e. The van der Waals surface area contributed by atoms with Crippen molar-refractivity contribution in [1.82, 2.24) is 9.38 Å². The van der Waals surface area contributed by atoms with E-state index in [2.05, 4.69) is 48.4 Å². The lowest BCUT2D eigenvalue weighted by molar-refractivity contribution is 0.312. The van der Waals surface area contributed by atoms with Crippen LogP contribution in [0.1, 0.15) is 23.1 Å². The van der Waals surface area contributed by atoms with Crippen LogP contribution in [0.15, 0.2) is 71.9 Å². The van der Waals surface area contributed by atoms with Gasteiger partial charge in [0.2, 0.25) is 0 Å². The third kappa shape index (κ3) is 5.26. The van der Waals surface area contributed by atoms with Crippen LogP contribution in [0.5, 0.6) is 0 Å². The summed E-state index contributed by atoms with van der Waals surface area (Å²) in [6, 6.07) is 17.1. The summed E-state index contributed by atoms with van der Waals surface area (Å²) in [5.41, 5.74) is 7.30. The molecule has 4 aromatic rings. The number of aromatic nitrogens is 2. The molecule has 0 aliphatic carbocycles. The lowest BCUT2D eigenvalue weighted by atomic mass is 10.1. The number of fused-ring (bicyclic) bond motifs is 1. The molecule has 0 spiro atoms. The summed E-state index contributed by atoms with van der Waals surface area (Å²) >= 11 is 0. The van der Waals surface area contributed by atoms with Crippen LogP contribution >= 0.6 is 0 Å². The van der Waals surface area contributed by atoms with E-state index in [0.717, 1.165) is 45.7 Å². The van der Waals surface area contributed by atoms with Gasteiger partial charge in [-0.05, 0) is 68.1 Å². The monoisotopic (exact) mass is 463 g/mol. The SMILES string of the molecule is Cc1ccc(S(=O)(=O)OCCCc2cn3cc(-c4ccc(N(C)C)cc4)nc3cc2C)cc1. The van der Waals surface area contributed by atoms with Crippen LogP contribution in [-0.4, -0.2) is 38.5 Å². The molecule has 0 N–H and O–H groups in total. The normalized spacial score (nSPS) is 11.8. The molecule has 6 nitrogen and oxygen atoms in total. The van der Waals surface area contributed by atoms with Crippen LogP contribution in [0.3, 0.4) is 0 Å². The molecular weight excluding hydrogens is 434 g/mol. The fourth-order valence-corrected chi connectivity index (χ4v) is 4.65. The molecule has 0 aliphatic rings. The molecule has 0 atom stereocenters. The predicted molar refractivity (Wildman–Crippen MR) is 132 cm³/mol. The van der Waals surface area contributed by atoms with Crippen molar-refractivity contribution in [3.63, 3.8) is 0 Å². The molecule has 0 saturated heterocycles. The van der Waals surface area contributed by atoms with Gasteiger partial charge < -0.3 is 9.30 Å². The van der Waals surface area contributed by atoms with Crippen LogP contribution in [0, 0.1) is 13.8 Å². The van der Waals surface area contributed by atoms with Gasteiger partial charge in [-0.2, -0.15) is 8.42 Å². The van der Waals surface area contributed by atoms with E-state index in [-0.39, 0.29) is 11.5 Å². The highest BCUT2D eigenvalue weighted by Gasteiger charge is 2.15. The first-order valence-corrected chi connectivity index (χ1v) is 12.4. The lowest BCUT2D eigenvalue weighted by Crippen LogP contribution is -2.08. The van der Waals surface area contributed by atoms with E-state index >= 15 is 0 Å². The summed E-state index contributed by atoms with van der Waals surface area (Å²) < 4.78 is 32.0. The van der Waals surface area contributed by atoms with Crippen LogP contribution in [0.4, 0.5) is 5.69 Å². The maximum Gasteiger partial charge on any atom is 0.296 e. The second-order valence-electron chi connectivity index (χ2n) is 8.51. The maximum absolute atomic E-state index is 12.4. The molecule has 0 saturated carbocycles. The topological polar surface area (TPSA) is 63.9 Å². The summed E-state index contributed by atoms with van der Waals surface area (Å²) in [4.78, 5) is 7.03. The first-order valence-electron chi connectivity index (χ1n) is 10.9. The third-order valence-corrected chi connectivity index (χ3v) is 7.05. The quantitative estimate of drug-likeness (QED) is 0.271. The average Bonchev–Trinajstić information content (AvgIpc) is 3.19. The zero-order valence-corrected chi connectivity index (χ0v) is 20.3. The van der Waals surface area contributed by atoms with Crippen molar-refractivity contribution in [2.45, 2.75) is 31.6 Å². The minimum atomic E-state index is -3.73. The number of pyridine rings is 1. The summed E-state index contributed by atoms with van der Waals surface area (Å²) in [7, 11) is 0.312. The number of nitrogens with zero attached hydrogens (tertiary/aromatic N) is 3. The van der Waals surface area contributed by atoms with Gasteiger partial charge in [0.25, 0.3) is 10.1 Å². The Labute approximate surface area is 195 Å². The molecule has 33 heavy (non-hydrogen) atoms. The number of imidazole rings is 1. The standard InChI is InChI=1S/C26H29N3O3S/c1-19-7-13-24(14-8-19)33(30,31)32-15-5-6-22-17-29-18-25(27-26(29)16-20(22)2)21-9-11-23(12-10-21)28(3)4/h7-14,16-18H,5-6,15H2,1-4H3. The number of rotatable bonds is 8. The van der Waals surface area contributed by atoms with Gasteiger partial charge in [-0.3, -0.25) is 4.18 Å². The van der Waals surface area contributed by atoms with Crippen molar-refractivity contribution in [2.75, 3.05) is 25.6 Å². The number of aryl methyl sites for hydroxylation is 3. The molecule has 0 unspecified atom stereocenters. The van der Waals surface area contributed by atoms with E-state index < -0.39 is 10.1 Å². The molecular formula is C26H29N3O3S. The minimum Gasteiger partial charge on any atom is -0.378 e. The fraction of sp³-hybridized carbons (Fsp3) is 0.269. The fourth-order valence-electron chi connectivity index (χ4n) is 3.71.